The molecule has 2 heterocycles. The summed E-state index contributed by atoms with van der Waals surface area (Å²) >= 11 is 0. The van der Waals surface area contributed by atoms with Crippen LogP contribution in [-0.4, -0.2) is 28.1 Å². The molecule has 0 saturated heterocycles. The van der Waals surface area contributed by atoms with Crippen molar-refractivity contribution in [2.24, 2.45) is 0 Å². The molecule has 0 aliphatic carbocycles. The van der Waals surface area contributed by atoms with E-state index in [-0.39, 0.29) is 11.6 Å². The smallest absolute Gasteiger partial charge is 0.360 e. The second-order valence-corrected chi connectivity index (χ2v) is 4.26. The van der Waals surface area contributed by atoms with Gasteiger partial charge in [0, 0.05) is 5.56 Å². The molecule has 0 saturated carbocycles. The molecule has 6 heteroatoms. The molecule has 0 spiro atoms. The number of carbonyl (C=O) groups excluding carboxylic acids is 1. The minimum atomic E-state index is -0.461. The number of carbonyl (C=O) groups is 1. The molecular weight excluding hydrogens is 234 g/mol. The summed E-state index contributed by atoms with van der Waals surface area (Å²) in [6, 6.07) is 1.85. The van der Waals surface area contributed by atoms with Gasteiger partial charge >= 0.3 is 5.97 Å². The highest BCUT2D eigenvalue weighted by molar-refractivity contribution is 5.88. The predicted octanol–water partition coefficient (Wildman–Crippen LogP) is 1.83. The van der Waals surface area contributed by atoms with E-state index in [2.05, 4.69) is 10.3 Å². The number of esters is 1. The van der Waals surface area contributed by atoms with Gasteiger partial charge < -0.3 is 9.15 Å². The molecule has 0 amide bonds. The molecule has 0 N–H and O–H groups in total. The molecule has 0 radical (unpaired) electrons. The van der Waals surface area contributed by atoms with Crippen molar-refractivity contribution in [1.29, 1.82) is 0 Å². The number of furan rings is 1. The Morgan fingerprint density at radius 3 is 2.89 bits per heavy atom. The van der Waals surface area contributed by atoms with Crippen molar-refractivity contribution in [1.82, 2.24) is 15.0 Å². The van der Waals surface area contributed by atoms with Gasteiger partial charge in [0.15, 0.2) is 5.69 Å². The van der Waals surface area contributed by atoms with Crippen molar-refractivity contribution in [3.05, 3.63) is 35.5 Å². The van der Waals surface area contributed by atoms with E-state index in [1.165, 1.54) is 7.11 Å². The summed E-state index contributed by atoms with van der Waals surface area (Å²) in [5.41, 5.74) is 2.01. The van der Waals surface area contributed by atoms with Crippen LogP contribution in [0.15, 0.2) is 23.0 Å². The lowest BCUT2D eigenvalue weighted by Crippen LogP contribution is -2.11. The summed E-state index contributed by atoms with van der Waals surface area (Å²) in [5.74, 6) is -0.335. The van der Waals surface area contributed by atoms with Gasteiger partial charge in [-0.25, -0.2) is 9.48 Å². The summed E-state index contributed by atoms with van der Waals surface area (Å²) < 4.78 is 11.4. The van der Waals surface area contributed by atoms with Gasteiger partial charge in [0.2, 0.25) is 0 Å². The van der Waals surface area contributed by atoms with E-state index in [9.17, 15) is 4.79 Å². The van der Waals surface area contributed by atoms with E-state index >= 15 is 0 Å². The van der Waals surface area contributed by atoms with Gasteiger partial charge in [-0.15, -0.1) is 5.10 Å². The Kier molecular flexibility index (Phi) is 3.45. The number of rotatable bonds is 4. The van der Waals surface area contributed by atoms with E-state index in [0.29, 0.717) is 6.54 Å². The molecule has 2 aromatic rings. The zero-order valence-electron chi connectivity index (χ0n) is 10.6. The lowest BCUT2D eigenvalue weighted by molar-refractivity contribution is 0.0592. The third-order valence-electron chi connectivity index (χ3n) is 2.61. The monoisotopic (exact) mass is 249 g/mol. The van der Waals surface area contributed by atoms with Gasteiger partial charge in [0.1, 0.15) is 0 Å². The predicted molar refractivity (Wildman–Crippen MR) is 63.3 cm³/mol. The molecule has 0 atom stereocenters. The van der Waals surface area contributed by atoms with Crippen LogP contribution in [0.4, 0.5) is 0 Å². The van der Waals surface area contributed by atoms with Crippen molar-refractivity contribution in [3.63, 3.8) is 0 Å². The first-order chi connectivity index (χ1) is 8.63. The van der Waals surface area contributed by atoms with Crippen LogP contribution in [0.25, 0.3) is 0 Å². The molecule has 6 nitrogen and oxygen atoms in total. The Labute approximate surface area is 105 Å². The summed E-state index contributed by atoms with van der Waals surface area (Å²) in [4.78, 5) is 11.6. The minimum Gasteiger partial charge on any atom is -0.472 e. The molecule has 0 aliphatic heterocycles. The molecule has 18 heavy (non-hydrogen) atoms. The van der Waals surface area contributed by atoms with Crippen LogP contribution < -0.4 is 0 Å². The Morgan fingerprint density at radius 2 is 2.33 bits per heavy atom. The number of hydrogen-bond donors (Lipinski definition) is 0. The zero-order valence-corrected chi connectivity index (χ0v) is 10.6. The second kappa shape index (κ2) is 5.03. The van der Waals surface area contributed by atoms with Gasteiger partial charge in [-0.1, -0.05) is 19.1 Å². The van der Waals surface area contributed by atoms with Crippen LogP contribution in [0.5, 0.6) is 0 Å². The van der Waals surface area contributed by atoms with Crippen LogP contribution >= 0.6 is 0 Å². The maximum atomic E-state index is 11.6. The fourth-order valence-electron chi connectivity index (χ4n) is 1.81. The summed E-state index contributed by atoms with van der Waals surface area (Å²) in [5, 5.41) is 7.90. The fraction of sp³-hybridized carbons (Fsp3) is 0.417. The topological polar surface area (TPSA) is 70.2 Å². The van der Waals surface area contributed by atoms with Crippen LogP contribution in [-0.2, 0) is 11.3 Å². The lowest BCUT2D eigenvalue weighted by Gasteiger charge is -2.09. The summed E-state index contributed by atoms with van der Waals surface area (Å²) in [6.07, 6.45) is 3.24. The van der Waals surface area contributed by atoms with Gasteiger partial charge in [0.05, 0.1) is 31.9 Å². The first kappa shape index (κ1) is 12.3. The van der Waals surface area contributed by atoms with Crippen molar-refractivity contribution >= 4 is 5.97 Å². The SMILES string of the molecule is COC(=O)c1nnn(Cc2ccoc2)c1C(C)C. The van der Waals surface area contributed by atoms with E-state index < -0.39 is 5.97 Å². The van der Waals surface area contributed by atoms with Gasteiger partial charge in [-0.3, -0.25) is 0 Å². The molecule has 96 valence electrons. The third kappa shape index (κ3) is 2.27. The maximum Gasteiger partial charge on any atom is 0.360 e. The number of aromatic nitrogens is 3. The van der Waals surface area contributed by atoms with Crippen molar-refractivity contribution in [3.8, 4) is 0 Å². The fourth-order valence-corrected chi connectivity index (χ4v) is 1.81. The molecule has 0 unspecified atom stereocenters. The molecule has 0 aliphatic rings. The Bertz CT molecular complexity index is 529. The van der Waals surface area contributed by atoms with Gasteiger partial charge in [-0.2, -0.15) is 0 Å². The first-order valence-corrected chi connectivity index (χ1v) is 5.66. The molecule has 0 fully saturated rings. The summed E-state index contributed by atoms with van der Waals surface area (Å²) in [7, 11) is 1.33. The molecule has 0 bridgehead atoms. The third-order valence-corrected chi connectivity index (χ3v) is 2.61. The highest BCUT2D eigenvalue weighted by Gasteiger charge is 2.22. The average Bonchev–Trinajstić information content (AvgIpc) is 2.97. The van der Waals surface area contributed by atoms with E-state index in [1.54, 1.807) is 17.2 Å². The zero-order chi connectivity index (χ0) is 13.1. The number of nitrogens with zero attached hydrogens (tertiary/aromatic N) is 3. The van der Waals surface area contributed by atoms with Gasteiger partial charge in [-0.05, 0) is 12.0 Å². The van der Waals surface area contributed by atoms with E-state index in [0.717, 1.165) is 11.3 Å². The van der Waals surface area contributed by atoms with Gasteiger partial charge in [0.25, 0.3) is 0 Å². The Balaban J connectivity index is 2.36. The minimum absolute atomic E-state index is 0.126. The van der Waals surface area contributed by atoms with Crippen molar-refractivity contribution < 1.29 is 13.9 Å². The quantitative estimate of drug-likeness (QED) is 0.773. The molecular formula is C12H15N3O3. The molecule has 2 aromatic heterocycles. The lowest BCUT2D eigenvalue weighted by atomic mass is 10.1. The molecule has 0 aromatic carbocycles. The highest BCUT2D eigenvalue weighted by Crippen LogP contribution is 2.19. The normalized spacial score (nSPS) is 10.9. The Hall–Kier alpha value is -2.11. The van der Waals surface area contributed by atoms with Crippen LogP contribution in [0.3, 0.4) is 0 Å². The van der Waals surface area contributed by atoms with E-state index in [1.807, 2.05) is 19.9 Å². The van der Waals surface area contributed by atoms with Crippen LogP contribution in [0.2, 0.25) is 0 Å². The van der Waals surface area contributed by atoms with E-state index in [4.69, 9.17) is 9.15 Å². The van der Waals surface area contributed by atoms with Crippen LogP contribution in [0.1, 0.15) is 41.5 Å². The number of hydrogen-bond acceptors (Lipinski definition) is 5. The maximum absolute atomic E-state index is 11.6. The van der Waals surface area contributed by atoms with Crippen LogP contribution in [0, 0.1) is 0 Å². The Morgan fingerprint density at radius 1 is 1.56 bits per heavy atom. The highest BCUT2D eigenvalue weighted by atomic mass is 16.5. The number of ether oxygens (including phenoxy) is 1. The average molecular weight is 249 g/mol. The van der Waals surface area contributed by atoms with Crippen molar-refractivity contribution in [2.75, 3.05) is 7.11 Å². The number of methoxy groups -OCH3 is 1. The second-order valence-electron chi connectivity index (χ2n) is 4.26. The standard InChI is InChI=1S/C12H15N3O3/c1-8(2)11-10(12(16)17-3)13-14-15(11)6-9-4-5-18-7-9/h4-5,7-8H,6H2,1-3H3. The molecule has 2 rings (SSSR count). The summed E-state index contributed by atoms with van der Waals surface area (Å²) in [6.45, 7) is 4.49. The largest absolute Gasteiger partial charge is 0.472 e. The van der Waals surface area contributed by atoms with Crippen molar-refractivity contribution in [2.45, 2.75) is 26.3 Å². The first-order valence-electron chi connectivity index (χ1n) is 5.66.